The van der Waals surface area contributed by atoms with Crippen molar-refractivity contribution in [2.24, 2.45) is 0 Å². The van der Waals surface area contributed by atoms with Gasteiger partial charge in [-0.05, 0) is 69.9 Å². The number of urea groups is 1. The van der Waals surface area contributed by atoms with Gasteiger partial charge in [0.25, 0.3) is 5.69 Å². The number of hydrogen-bond acceptors (Lipinski definition) is 7. The number of nitrogens with zero attached hydrogens (tertiary/aromatic N) is 4. The summed E-state index contributed by atoms with van der Waals surface area (Å²) in [6, 6.07) is 4.60. The summed E-state index contributed by atoms with van der Waals surface area (Å²) >= 11 is 0. The quantitative estimate of drug-likeness (QED) is 0.430. The Balaban J connectivity index is 1.32. The molecule has 10 heteroatoms. The number of rotatable bonds is 6. The van der Waals surface area contributed by atoms with Crippen molar-refractivity contribution >= 4 is 29.2 Å². The van der Waals surface area contributed by atoms with E-state index in [0.29, 0.717) is 5.95 Å². The molecular weight excluding hydrogens is 434 g/mol. The van der Waals surface area contributed by atoms with Gasteiger partial charge in [0, 0.05) is 37.8 Å². The van der Waals surface area contributed by atoms with Crippen LogP contribution < -0.4 is 20.9 Å². The first-order valence-electron chi connectivity index (χ1n) is 12.0. The molecule has 2 aliphatic carbocycles. The molecule has 0 radical (unpaired) electrons. The highest BCUT2D eigenvalue weighted by Crippen LogP contribution is 2.30. The van der Waals surface area contributed by atoms with E-state index in [2.05, 4.69) is 20.9 Å². The molecule has 2 amide bonds. The monoisotopic (exact) mass is 467 g/mol. The normalized spacial score (nSPS) is 19.6. The zero-order chi connectivity index (χ0) is 24.2. The molecule has 3 N–H and O–H groups in total. The maximum Gasteiger partial charge on any atom is 0.319 e. The first-order chi connectivity index (χ1) is 16.3. The molecule has 10 nitrogen and oxygen atoms in total. The number of aromatic nitrogens is 2. The minimum atomic E-state index is -0.482. The van der Waals surface area contributed by atoms with Gasteiger partial charge in [-0.1, -0.05) is 6.07 Å². The van der Waals surface area contributed by atoms with Crippen molar-refractivity contribution in [1.82, 2.24) is 15.3 Å². The topological polar surface area (TPSA) is 125 Å². The second kappa shape index (κ2) is 10.2. The largest absolute Gasteiger partial charge is 0.362 e. The Morgan fingerprint density at radius 1 is 1.09 bits per heavy atom. The van der Waals surface area contributed by atoms with Gasteiger partial charge < -0.3 is 20.9 Å². The van der Waals surface area contributed by atoms with Crippen LogP contribution in [0.4, 0.5) is 27.9 Å². The fourth-order valence-electron chi connectivity index (χ4n) is 4.82. The SMILES string of the molecule is Cc1ccc(NC(=O)N[C@H]2CC[C@@H](Nc3nc4c(c(N(C)C)n3)CCCC4)CC2)c([N+](=O)[O-])c1. The van der Waals surface area contributed by atoms with E-state index in [0.717, 1.165) is 55.6 Å². The van der Waals surface area contributed by atoms with Crippen LogP contribution in [-0.2, 0) is 12.8 Å². The van der Waals surface area contributed by atoms with Crippen LogP contribution in [0.25, 0.3) is 0 Å². The molecule has 182 valence electrons. The lowest BCUT2D eigenvalue weighted by molar-refractivity contribution is -0.384. The molecule has 0 atom stereocenters. The Hall–Kier alpha value is -3.43. The summed E-state index contributed by atoms with van der Waals surface area (Å²) in [4.78, 5) is 34.9. The predicted molar refractivity (Wildman–Crippen MR) is 133 cm³/mol. The van der Waals surface area contributed by atoms with Crippen LogP contribution in [0.2, 0.25) is 0 Å². The van der Waals surface area contributed by atoms with Gasteiger partial charge in [-0.25, -0.2) is 9.78 Å². The Bertz CT molecular complexity index is 1060. The number of amides is 2. The van der Waals surface area contributed by atoms with Crippen LogP contribution in [-0.4, -0.2) is 47.1 Å². The smallest absolute Gasteiger partial charge is 0.319 e. The molecule has 4 rings (SSSR count). The zero-order valence-electron chi connectivity index (χ0n) is 20.1. The number of nitro groups is 1. The molecule has 1 aromatic heterocycles. The summed E-state index contributed by atoms with van der Waals surface area (Å²) in [7, 11) is 4.04. The molecule has 1 saturated carbocycles. The van der Waals surface area contributed by atoms with Crippen molar-refractivity contribution in [3.05, 3.63) is 45.1 Å². The first-order valence-corrected chi connectivity index (χ1v) is 12.0. The van der Waals surface area contributed by atoms with Gasteiger partial charge in [-0.3, -0.25) is 10.1 Å². The molecule has 1 aromatic carbocycles. The molecule has 1 fully saturated rings. The van der Waals surface area contributed by atoms with E-state index in [4.69, 9.17) is 9.97 Å². The molecule has 0 bridgehead atoms. The van der Waals surface area contributed by atoms with Gasteiger partial charge >= 0.3 is 6.03 Å². The van der Waals surface area contributed by atoms with Crippen LogP contribution in [0.5, 0.6) is 0 Å². The molecular formula is C24H33N7O3. The average molecular weight is 468 g/mol. The van der Waals surface area contributed by atoms with Crippen molar-refractivity contribution < 1.29 is 9.72 Å². The fraction of sp³-hybridized carbons (Fsp3) is 0.542. The third kappa shape index (κ3) is 5.55. The Kier molecular flexibility index (Phi) is 7.14. The predicted octanol–water partition coefficient (Wildman–Crippen LogP) is 4.18. The fourth-order valence-corrected chi connectivity index (χ4v) is 4.82. The third-order valence-corrected chi connectivity index (χ3v) is 6.58. The van der Waals surface area contributed by atoms with Crippen LogP contribution in [0.15, 0.2) is 18.2 Å². The van der Waals surface area contributed by atoms with Crippen molar-refractivity contribution in [3.63, 3.8) is 0 Å². The molecule has 2 aliphatic rings. The lowest BCUT2D eigenvalue weighted by atomic mass is 9.91. The molecule has 0 aliphatic heterocycles. The maximum atomic E-state index is 12.5. The van der Waals surface area contributed by atoms with E-state index in [1.165, 1.54) is 24.5 Å². The van der Waals surface area contributed by atoms with Crippen molar-refractivity contribution in [2.45, 2.75) is 70.4 Å². The lowest BCUT2D eigenvalue weighted by Crippen LogP contribution is -2.42. The number of fused-ring (bicyclic) bond motifs is 1. The van der Waals surface area contributed by atoms with Crippen LogP contribution in [0.1, 0.15) is 55.3 Å². The Labute approximate surface area is 199 Å². The summed E-state index contributed by atoms with van der Waals surface area (Å²) in [6.07, 6.45) is 7.78. The van der Waals surface area contributed by atoms with Gasteiger partial charge in [0.2, 0.25) is 5.95 Å². The molecule has 34 heavy (non-hydrogen) atoms. The van der Waals surface area contributed by atoms with Crippen LogP contribution >= 0.6 is 0 Å². The molecule has 2 aromatic rings. The van der Waals surface area contributed by atoms with Gasteiger partial charge in [-0.2, -0.15) is 4.98 Å². The van der Waals surface area contributed by atoms with E-state index in [1.54, 1.807) is 19.1 Å². The van der Waals surface area contributed by atoms with E-state index >= 15 is 0 Å². The summed E-state index contributed by atoms with van der Waals surface area (Å²) in [5.74, 6) is 1.69. The summed E-state index contributed by atoms with van der Waals surface area (Å²) < 4.78 is 0. The summed E-state index contributed by atoms with van der Waals surface area (Å²) in [6.45, 7) is 1.78. The number of hydrogen-bond donors (Lipinski definition) is 3. The van der Waals surface area contributed by atoms with E-state index in [-0.39, 0.29) is 23.5 Å². The Morgan fingerprint density at radius 3 is 2.50 bits per heavy atom. The second-order valence-corrected chi connectivity index (χ2v) is 9.47. The number of anilines is 3. The standard InChI is InChI=1S/C24H33N7O3/c1-15-8-13-20(21(14-15)31(33)34)28-24(32)26-17-11-9-16(10-12-17)25-23-27-19-7-5-4-6-18(19)22(29-23)30(2)3/h8,13-14,16-17H,4-7,9-12H2,1-3H3,(H,25,27,29)(H2,26,28,32)/t16-,17+. The van der Waals surface area contributed by atoms with Gasteiger partial charge in [-0.15, -0.1) is 0 Å². The average Bonchev–Trinajstić information content (AvgIpc) is 2.80. The van der Waals surface area contributed by atoms with E-state index < -0.39 is 11.0 Å². The van der Waals surface area contributed by atoms with Gasteiger partial charge in [0.05, 0.1) is 10.6 Å². The molecule has 0 unspecified atom stereocenters. The highest BCUT2D eigenvalue weighted by atomic mass is 16.6. The summed E-state index contributed by atoms with van der Waals surface area (Å²) in [5, 5.41) is 20.4. The van der Waals surface area contributed by atoms with Crippen molar-refractivity contribution in [3.8, 4) is 0 Å². The van der Waals surface area contributed by atoms with E-state index in [1.807, 2.05) is 14.1 Å². The molecule has 1 heterocycles. The summed E-state index contributed by atoms with van der Waals surface area (Å²) in [5.41, 5.74) is 3.29. The minimum absolute atomic E-state index is 0.0179. The minimum Gasteiger partial charge on any atom is -0.362 e. The number of aryl methyl sites for hydroxylation is 2. The highest BCUT2D eigenvalue weighted by molar-refractivity contribution is 5.92. The van der Waals surface area contributed by atoms with Crippen LogP contribution in [0, 0.1) is 17.0 Å². The highest BCUT2D eigenvalue weighted by Gasteiger charge is 2.25. The number of nitrogens with one attached hydrogen (secondary N) is 3. The second-order valence-electron chi connectivity index (χ2n) is 9.47. The number of nitro benzene ring substituents is 1. The Morgan fingerprint density at radius 2 is 1.79 bits per heavy atom. The maximum absolute atomic E-state index is 12.5. The molecule has 0 saturated heterocycles. The van der Waals surface area contributed by atoms with Gasteiger partial charge in [0.15, 0.2) is 0 Å². The molecule has 0 spiro atoms. The number of benzene rings is 1. The van der Waals surface area contributed by atoms with Crippen molar-refractivity contribution in [2.75, 3.05) is 29.6 Å². The van der Waals surface area contributed by atoms with Crippen LogP contribution in [0.3, 0.4) is 0 Å². The van der Waals surface area contributed by atoms with Gasteiger partial charge in [0.1, 0.15) is 11.5 Å². The lowest BCUT2D eigenvalue weighted by Gasteiger charge is -2.30. The van der Waals surface area contributed by atoms with E-state index in [9.17, 15) is 14.9 Å². The van der Waals surface area contributed by atoms with Crippen molar-refractivity contribution in [1.29, 1.82) is 0 Å². The third-order valence-electron chi connectivity index (χ3n) is 6.58. The number of carbonyl (C=O) groups excluding carboxylic acids is 1. The zero-order valence-corrected chi connectivity index (χ0v) is 20.1. The first kappa shape index (κ1) is 23.7. The number of carbonyl (C=O) groups is 1.